The van der Waals surface area contributed by atoms with Crippen molar-refractivity contribution < 1.29 is 8.97 Å². The van der Waals surface area contributed by atoms with Crippen LogP contribution in [0.15, 0.2) is 0 Å². The molecule has 4 heteroatoms. The summed E-state index contributed by atoms with van der Waals surface area (Å²) in [6.45, 7) is 22.8. The van der Waals surface area contributed by atoms with Gasteiger partial charge in [0.25, 0.3) is 0 Å². The molecular formula is C78H164N4+2. The number of unbranched alkanes of at least 4 members (excludes halogenated alkanes) is 53. The molecule has 0 aliphatic heterocycles. The van der Waals surface area contributed by atoms with E-state index in [1.807, 2.05) is 0 Å². The van der Waals surface area contributed by atoms with E-state index < -0.39 is 0 Å². The fraction of sp³-hybridized carbons (Fsp3) is 1.00. The monoisotopic (exact) mass is 1160 g/mol. The Labute approximate surface area is 522 Å². The van der Waals surface area contributed by atoms with Crippen molar-refractivity contribution in [1.82, 2.24) is 9.80 Å². The van der Waals surface area contributed by atoms with Gasteiger partial charge in [-0.3, -0.25) is 0 Å². The lowest BCUT2D eigenvalue weighted by atomic mass is 10.0. The van der Waals surface area contributed by atoms with E-state index in [0.717, 1.165) is 0 Å². The molecule has 0 radical (unpaired) electrons. The van der Waals surface area contributed by atoms with Gasteiger partial charge in [-0.05, 0) is 65.7 Å². The van der Waals surface area contributed by atoms with Gasteiger partial charge in [0, 0.05) is 38.8 Å². The second kappa shape index (κ2) is 66.8. The molecule has 0 saturated carbocycles. The van der Waals surface area contributed by atoms with E-state index in [1.54, 1.807) is 0 Å². The molecule has 0 aromatic carbocycles. The van der Waals surface area contributed by atoms with E-state index in [-0.39, 0.29) is 0 Å². The minimum absolute atomic E-state index is 1.28. The summed E-state index contributed by atoms with van der Waals surface area (Å²) < 4.78 is 2.63. The minimum atomic E-state index is 1.28. The Bertz CT molecular complexity index is 1070. The first kappa shape index (κ1) is 81.8. The maximum absolute atomic E-state index is 2.69. The second-order valence-corrected chi connectivity index (χ2v) is 29.0. The van der Waals surface area contributed by atoms with Crippen molar-refractivity contribution >= 4 is 0 Å². The molecule has 0 rings (SSSR count). The molecule has 0 aliphatic carbocycles. The predicted molar refractivity (Wildman–Crippen MR) is 376 cm³/mol. The Balaban J connectivity index is 5.11. The smallest absolute Gasteiger partial charge is 0.0796 e. The van der Waals surface area contributed by atoms with Crippen LogP contribution >= 0.6 is 0 Å². The van der Waals surface area contributed by atoms with E-state index in [0.29, 0.717) is 0 Å². The van der Waals surface area contributed by atoms with Gasteiger partial charge in [0.1, 0.15) is 0 Å². The van der Waals surface area contributed by atoms with Crippen LogP contribution in [0.1, 0.15) is 413 Å². The van der Waals surface area contributed by atoms with Gasteiger partial charge in [0.2, 0.25) is 0 Å². The molecule has 2 unspecified atom stereocenters. The Kier molecular flexibility index (Phi) is 66.7. The maximum Gasteiger partial charge on any atom is 0.0796 e. The third-order valence-electron chi connectivity index (χ3n) is 20.0. The summed E-state index contributed by atoms with van der Waals surface area (Å²) in [7, 11) is 10.2. The Morgan fingerprint density at radius 3 is 0.463 bits per heavy atom. The molecule has 0 spiro atoms. The molecule has 82 heavy (non-hydrogen) atoms. The maximum atomic E-state index is 2.69. The van der Waals surface area contributed by atoms with Crippen LogP contribution in [0.4, 0.5) is 0 Å². The minimum Gasteiger partial charge on any atom is -0.326 e. The van der Waals surface area contributed by atoms with Crippen LogP contribution in [-0.4, -0.2) is 112 Å². The third kappa shape index (κ3) is 62.9. The van der Waals surface area contributed by atoms with E-state index in [1.165, 1.54) is 460 Å². The Morgan fingerprint density at radius 1 is 0.159 bits per heavy atom. The fourth-order valence-electron chi connectivity index (χ4n) is 13.9. The summed E-state index contributed by atoms with van der Waals surface area (Å²) >= 11 is 0. The number of hydrogen-bond donors (Lipinski definition) is 0. The SMILES string of the molecule is CCCCCCCCCCCCCCCCN(C)CCC[N+](C)(CCCCCCCCCCCCCCCC)CCCC[N+](C)(CCCCCCCCCCCCCCCC)CCCN(C)CCCCCCCCCCCCCCCC. The van der Waals surface area contributed by atoms with E-state index in [4.69, 9.17) is 0 Å². The summed E-state index contributed by atoms with van der Waals surface area (Å²) in [6, 6.07) is 0. The van der Waals surface area contributed by atoms with Crippen LogP contribution in [-0.2, 0) is 0 Å². The second-order valence-electron chi connectivity index (χ2n) is 29.0. The molecule has 0 aromatic heterocycles. The molecule has 0 heterocycles. The van der Waals surface area contributed by atoms with E-state index >= 15 is 0 Å². The highest BCUT2D eigenvalue weighted by molar-refractivity contribution is 4.60. The van der Waals surface area contributed by atoms with E-state index in [2.05, 4.69) is 65.7 Å². The molecule has 0 aromatic rings. The highest BCUT2D eigenvalue weighted by Gasteiger charge is 2.24. The van der Waals surface area contributed by atoms with Crippen molar-refractivity contribution in [3.8, 4) is 0 Å². The highest BCUT2D eigenvalue weighted by atomic mass is 15.3. The standard InChI is InChI=1S/C78H164N4/c1-9-13-17-21-25-29-33-37-41-45-49-53-57-61-69-79(5)71-67-77-81(7,73-63-59-55-51-47-43-39-35-31-27-23-19-15-11-3)75-65-66-76-82(8,74-64-60-56-52-48-44-40-36-32-28-24-20-16-12-4)78-68-72-80(6)70-62-58-54-50-46-42-38-34-30-26-22-18-14-10-2/h9-78H2,1-8H3/q+2. The molecule has 2 atom stereocenters. The van der Waals surface area contributed by atoms with E-state index in [9.17, 15) is 0 Å². The van der Waals surface area contributed by atoms with Gasteiger partial charge in [-0.2, -0.15) is 0 Å². The zero-order valence-corrected chi connectivity index (χ0v) is 59.3. The zero-order chi connectivity index (χ0) is 59.7. The summed E-state index contributed by atoms with van der Waals surface area (Å²) in [5, 5.41) is 0. The molecule has 494 valence electrons. The molecule has 0 aliphatic rings. The molecule has 4 nitrogen and oxygen atoms in total. The van der Waals surface area contributed by atoms with Crippen molar-refractivity contribution in [1.29, 1.82) is 0 Å². The van der Waals surface area contributed by atoms with Gasteiger partial charge in [-0.25, -0.2) is 0 Å². The average molecular weight is 1160 g/mol. The summed E-state index contributed by atoms with van der Waals surface area (Å²) in [6.07, 6.45) is 87.0. The van der Waals surface area contributed by atoms with Gasteiger partial charge in [0.15, 0.2) is 0 Å². The van der Waals surface area contributed by atoms with Crippen molar-refractivity contribution in [3.63, 3.8) is 0 Å². The number of rotatable bonds is 73. The van der Waals surface area contributed by atoms with Crippen LogP contribution in [0.3, 0.4) is 0 Å². The molecular weight excluding hydrogens is 993 g/mol. The zero-order valence-electron chi connectivity index (χ0n) is 59.3. The van der Waals surface area contributed by atoms with Crippen molar-refractivity contribution in [3.05, 3.63) is 0 Å². The van der Waals surface area contributed by atoms with Gasteiger partial charge in [-0.15, -0.1) is 0 Å². The first-order valence-electron chi connectivity index (χ1n) is 39.3. The van der Waals surface area contributed by atoms with Crippen LogP contribution in [0.2, 0.25) is 0 Å². The lowest BCUT2D eigenvalue weighted by Gasteiger charge is -2.37. The number of quaternary nitrogens is 2. The lowest BCUT2D eigenvalue weighted by Crippen LogP contribution is -2.49. The van der Waals surface area contributed by atoms with Gasteiger partial charge in [-0.1, -0.05) is 349 Å². The normalized spacial score (nSPS) is 13.5. The lowest BCUT2D eigenvalue weighted by molar-refractivity contribution is -0.916. The molecule has 0 N–H and O–H groups in total. The summed E-state index contributed by atoms with van der Waals surface area (Å²) in [4.78, 5) is 5.38. The molecule has 0 bridgehead atoms. The quantitative estimate of drug-likeness (QED) is 0.0442. The third-order valence-corrected chi connectivity index (χ3v) is 20.0. The summed E-state index contributed by atoms with van der Waals surface area (Å²) in [5.74, 6) is 0. The molecule has 0 saturated heterocycles. The fourth-order valence-corrected chi connectivity index (χ4v) is 13.9. The Hall–Kier alpha value is -0.160. The largest absolute Gasteiger partial charge is 0.326 e. The van der Waals surface area contributed by atoms with Crippen LogP contribution in [0.25, 0.3) is 0 Å². The van der Waals surface area contributed by atoms with Crippen molar-refractivity contribution in [2.75, 3.05) is 93.6 Å². The Morgan fingerprint density at radius 2 is 0.280 bits per heavy atom. The van der Waals surface area contributed by atoms with Crippen molar-refractivity contribution in [2.45, 2.75) is 413 Å². The summed E-state index contributed by atoms with van der Waals surface area (Å²) in [5.41, 5.74) is 0. The number of nitrogens with zero attached hydrogens (tertiary/aromatic N) is 4. The average Bonchev–Trinajstić information content (AvgIpc) is 3.52. The van der Waals surface area contributed by atoms with Gasteiger partial charge < -0.3 is 18.8 Å². The number of hydrogen-bond acceptors (Lipinski definition) is 2. The van der Waals surface area contributed by atoms with Crippen LogP contribution in [0, 0.1) is 0 Å². The predicted octanol–water partition coefficient (Wildman–Crippen LogP) is 25.2. The molecule has 0 fully saturated rings. The van der Waals surface area contributed by atoms with Gasteiger partial charge in [0.05, 0.1) is 53.4 Å². The van der Waals surface area contributed by atoms with Crippen LogP contribution < -0.4 is 0 Å². The molecule has 0 amide bonds. The highest BCUT2D eigenvalue weighted by Crippen LogP contribution is 2.21. The topological polar surface area (TPSA) is 6.48 Å². The van der Waals surface area contributed by atoms with Crippen LogP contribution in [0.5, 0.6) is 0 Å². The first-order chi connectivity index (χ1) is 40.2. The van der Waals surface area contributed by atoms with Crippen molar-refractivity contribution in [2.24, 2.45) is 0 Å². The van der Waals surface area contributed by atoms with Gasteiger partial charge >= 0.3 is 0 Å². The first-order valence-corrected chi connectivity index (χ1v) is 39.3.